The third-order valence-corrected chi connectivity index (χ3v) is 3.06. The summed E-state index contributed by atoms with van der Waals surface area (Å²) in [7, 11) is 0. The maximum absolute atomic E-state index is 12.0. The van der Waals surface area contributed by atoms with Gasteiger partial charge in [0, 0.05) is 11.6 Å². The maximum Gasteiger partial charge on any atom is 0.273 e. The van der Waals surface area contributed by atoms with Crippen LogP contribution in [0.15, 0.2) is 30.5 Å². The molecule has 0 spiro atoms. The molecule has 106 valence electrons. The Morgan fingerprint density at radius 3 is 3.05 bits per heavy atom. The molecule has 7 heteroatoms. The van der Waals surface area contributed by atoms with Gasteiger partial charge in [0.2, 0.25) is 0 Å². The van der Waals surface area contributed by atoms with E-state index in [4.69, 9.17) is 17.3 Å². The van der Waals surface area contributed by atoms with Gasteiger partial charge in [0.1, 0.15) is 0 Å². The molecule has 1 atom stereocenters. The predicted octanol–water partition coefficient (Wildman–Crippen LogP) is 1.38. The SMILES string of the molecule is C[C@@H](NC(=O)c1cn(CCN)nn1)c1cccc(Cl)c1. The molecule has 1 amide bonds. The Balaban J connectivity index is 2.03. The number of carbonyl (C=O) groups is 1. The number of rotatable bonds is 5. The highest BCUT2D eigenvalue weighted by atomic mass is 35.5. The normalized spacial score (nSPS) is 12.2. The van der Waals surface area contributed by atoms with Crippen LogP contribution in [0.1, 0.15) is 29.0 Å². The lowest BCUT2D eigenvalue weighted by Gasteiger charge is -2.13. The summed E-state index contributed by atoms with van der Waals surface area (Å²) in [6, 6.07) is 7.19. The zero-order valence-corrected chi connectivity index (χ0v) is 11.8. The van der Waals surface area contributed by atoms with Gasteiger partial charge in [0.15, 0.2) is 5.69 Å². The summed E-state index contributed by atoms with van der Waals surface area (Å²) in [5, 5.41) is 11.1. The van der Waals surface area contributed by atoms with E-state index in [1.165, 1.54) is 0 Å². The third-order valence-electron chi connectivity index (χ3n) is 2.83. The molecular weight excluding hydrogens is 278 g/mol. The highest BCUT2D eigenvalue weighted by Crippen LogP contribution is 2.17. The highest BCUT2D eigenvalue weighted by molar-refractivity contribution is 6.30. The van der Waals surface area contributed by atoms with Crippen LogP contribution in [0.4, 0.5) is 0 Å². The molecule has 1 heterocycles. The Morgan fingerprint density at radius 2 is 2.35 bits per heavy atom. The lowest BCUT2D eigenvalue weighted by Crippen LogP contribution is -2.27. The van der Waals surface area contributed by atoms with E-state index in [-0.39, 0.29) is 17.6 Å². The summed E-state index contributed by atoms with van der Waals surface area (Å²) in [5.41, 5.74) is 6.62. The van der Waals surface area contributed by atoms with E-state index in [2.05, 4.69) is 15.6 Å². The summed E-state index contributed by atoms with van der Waals surface area (Å²) in [5.74, 6) is -0.277. The molecule has 20 heavy (non-hydrogen) atoms. The van der Waals surface area contributed by atoms with Crippen molar-refractivity contribution in [3.05, 3.63) is 46.7 Å². The van der Waals surface area contributed by atoms with Gasteiger partial charge >= 0.3 is 0 Å². The second-order valence-electron chi connectivity index (χ2n) is 4.41. The van der Waals surface area contributed by atoms with Crippen LogP contribution in [0, 0.1) is 0 Å². The topological polar surface area (TPSA) is 85.8 Å². The summed E-state index contributed by atoms with van der Waals surface area (Å²) >= 11 is 5.93. The van der Waals surface area contributed by atoms with Gasteiger partial charge in [-0.15, -0.1) is 5.10 Å². The first-order valence-electron chi connectivity index (χ1n) is 6.26. The van der Waals surface area contributed by atoms with Crippen molar-refractivity contribution < 1.29 is 4.79 Å². The zero-order valence-electron chi connectivity index (χ0n) is 11.1. The molecule has 6 nitrogen and oxygen atoms in total. The molecule has 1 aromatic heterocycles. The van der Waals surface area contributed by atoms with Crippen LogP contribution in [-0.4, -0.2) is 27.4 Å². The number of carbonyl (C=O) groups excluding carboxylic acids is 1. The van der Waals surface area contributed by atoms with Crippen LogP contribution >= 0.6 is 11.6 Å². The first kappa shape index (κ1) is 14.5. The smallest absolute Gasteiger partial charge is 0.273 e. The number of benzene rings is 1. The first-order valence-corrected chi connectivity index (χ1v) is 6.64. The molecule has 0 unspecified atom stereocenters. The minimum atomic E-state index is -0.277. The van der Waals surface area contributed by atoms with Crippen molar-refractivity contribution in [3.8, 4) is 0 Å². The Kier molecular flexibility index (Phi) is 4.70. The second kappa shape index (κ2) is 6.49. The fraction of sp³-hybridized carbons (Fsp3) is 0.308. The Hall–Kier alpha value is -1.92. The monoisotopic (exact) mass is 293 g/mol. The lowest BCUT2D eigenvalue weighted by atomic mass is 10.1. The summed E-state index contributed by atoms with van der Waals surface area (Å²) < 4.78 is 1.54. The van der Waals surface area contributed by atoms with E-state index in [1.54, 1.807) is 16.9 Å². The van der Waals surface area contributed by atoms with Crippen molar-refractivity contribution in [2.45, 2.75) is 19.5 Å². The van der Waals surface area contributed by atoms with E-state index in [0.29, 0.717) is 18.1 Å². The van der Waals surface area contributed by atoms with Crippen molar-refractivity contribution in [2.75, 3.05) is 6.54 Å². The van der Waals surface area contributed by atoms with Crippen LogP contribution in [0.3, 0.4) is 0 Å². The minimum absolute atomic E-state index is 0.166. The molecule has 3 N–H and O–H groups in total. The molecule has 0 fully saturated rings. The molecule has 0 saturated heterocycles. The number of halogens is 1. The average Bonchev–Trinajstić information content (AvgIpc) is 2.88. The first-order chi connectivity index (χ1) is 9.60. The average molecular weight is 294 g/mol. The summed E-state index contributed by atoms with van der Waals surface area (Å²) in [6.45, 7) is 2.86. The molecule has 2 rings (SSSR count). The molecule has 1 aromatic carbocycles. The number of aromatic nitrogens is 3. The Bertz CT molecular complexity index is 598. The van der Waals surface area contributed by atoms with E-state index in [1.807, 2.05) is 25.1 Å². The van der Waals surface area contributed by atoms with Gasteiger partial charge in [-0.1, -0.05) is 28.9 Å². The van der Waals surface area contributed by atoms with Crippen LogP contribution in [0.25, 0.3) is 0 Å². The zero-order chi connectivity index (χ0) is 14.5. The fourth-order valence-electron chi connectivity index (χ4n) is 1.77. The van der Waals surface area contributed by atoms with Gasteiger partial charge in [0.05, 0.1) is 18.8 Å². The molecule has 0 radical (unpaired) electrons. The predicted molar refractivity (Wildman–Crippen MR) is 76.4 cm³/mol. The maximum atomic E-state index is 12.0. The van der Waals surface area contributed by atoms with Crippen LogP contribution < -0.4 is 11.1 Å². The van der Waals surface area contributed by atoms with E-state index in [9.17, 15) is 4.79 Å². The molecular formula is C13H16ClN5O. The molecule has 2 aromatic rings. The van der Waals surface area contributed by atoms with Crippen molar-refractivity contribution >= 4 is 17.5 Å². The fourth-order valence-corrected chi connectivity index (χ4v) is 1.97. The van der Waals surface area contributed by atoms with Gasteiger partial charge in [-0.3, -0.25) is 9.48 Å². The van der Waals surface area contributed by atoms with Gasteiger partial charge in [-0.25, -0.2) is 0 Å². The van der Waals surface area contributed by atoms with Gasteiger partial charge in [0.25, 0.3) is 5.91 Å². The standard InChI is InChI=1S/C13H16ClN5O/c1-9(10-3-2-4-11(14)7-10)16-13(20)12-8-19(6-5-15)18-17-12/h2-4,7-9H,5-6,15H2,1H3,(H,16,20)/t9-/m1/s1. The van der Waals surface area contributed by atoms with Crippen molar-refractivity contribution in [2.24, 2.45) is 5.73 Å². The van der Waals surface area contributed by atoms with Crippen molar-refractivity contribution in [1.29, 1.82) is 0 Å². The van der Waals surface area contributed by atoms with Crippen molar-refractivity contribution in [1.82, 2.24) is 20.3 Å². The molecule has 0 bridgehead atoms. The van der Waals surface area contributed by atoms with Gasteiger partial charge in [-0.05, 0) is 24.6 Å². The van der Waals surface area contributed by atoms with Crippen LogP contribution in [0.2, 0.25) is 5.02 Å². The highest BCUT2D eigenvalue weighted by Gasteiger charge is 2.14. The van der Waals surface area contributed by atoms with E-state index in [0.717, 1.165) is 5.56 Å². The Morgan fingerprint density at radius 1 is 1.55 bits per heavy atom. The van der Waals surface area contributed by atoms with Gasteiger partial charge < -0.3 is 11.1 Å². The Labute approximate surface area is 121 Å². The minimum Gasteiger partial charge on any atom is -0.344 e. The van der Waals surface area contributed by atoms with Crippen molar-refractivity contribution in [3.63, 3.8) is 0 Å². The molecule has 0 aliphatic carbocycles. The van der Waals surface area contributed by atoms with Gasteiger partial charge in [-0.2, -0.15) is 0 Å². The number of hydrogen-bond donors (Lipinski definition) is 2. The van der Waals surface area contributed by atoms with E-state index >= 15 is 0 Å². The third kappa shape index (κ3) is 3.55. The lowest BCUT2D eigenvalue weighted by molar-refractivity contribution is 0.0934. The second-order valence-corrected chi connectivity index (χ2v) is 4.84. The number of nitrogens with two attached hydrogens (primary N) is 1. The summed E-state index contributed by atoms with van der Waals surface area (Å²) in [6.07, 6.45) is 1.58. The summed E-state index contributed by atoms with van der Waals surface area (Å²) in [4.78, 5) is 12.0. The van der Waals surface area contributed by atoms with Crippen LogP contribution in [0.5, 0.6) is 0 Å². The number of nitrogens with one attached hydrogen (secondary N) is 1. The molecule has 0 aliphatic heterocycles. The number of hydrogen-bond acceptors (Lipinski definition) is 4. The number of nitrogens with zero attached hydrogens (tertiary/aromatic N) is 3. The molecule has 0 saturated carbocycles. The quantitative estimate of drug-likeness (QED) is 0.872. The van der Waals surface area contributed by atoms with E-state index < -0.39 is 0 Å². The number of amides is 1. The molecule has 0 aliphatic rings. The largest absolute Gasteiger partial charge is 0.344 e. The van der Waals surface area contributed by atoms with Crippen LogP contribution in [-0.2, 0) is 6.54 Å².